The number of benzene rings is 1. The number of likely N-dealkylation sites (tertiary alicyclic amines) is 1. The van der Waals surface area contributed by atoms with Gasteiger partial charge < -0.3 is 31.0 Å². The van der Waals surface area contributed by atoms with Crippen LogP contribution in [0.1, 0.15) is 42.0 Å². The third kappa shape index (κ3) is 8.14. The van der Waals surface area contributed by atoms with Gasteiger partial charge in [-0.3, -0.25) is 4.79 Å². The molecule has 1 aliphatic rings. The van der Waals surface area contributed by atoms with E-state index in [9.17, 15) is 4.79 Å². The lowest BCUT2D eigenvalue weighted by molar-refractivity contribution is -0.126. The molecule has 0 unspecified atom stereocenters. The second kappa shape index (κ2) is 14.7. The Morgan fingerprint density at radius 2 is 2.02 bits per heavy atom. The highest BCUT2D eigenvalue weighted by Crippen LogP contribution is 2.33. The van der Waals surface area contributed by atoms with E-state index in [0.29, 0.717) is 35.4 Å². The summed E-state index contributed by atoms with van der Waals surface area (Å²) in [7, 11) is 3.97. The van der Waals surface area contributed by atoms with Crippen LogP contribution in [0, 0.1) is 6.92 Å². The van der Waals surface area contributed by atoms with E-state index >= 15 is 0 Å². The molecule has 11 nitrogen and oxygen atoms in total. The summed E-state index contributed by atoms with van der Waals surface area (Å²) in [5.74, 6) is 2.57. The summed E-state index contributed by atoms with van der Waals surface area (Å²) >= 11 is 0. The van der Waals surface area contributed by atoms with Gasteiger partial charge in [-0.1, -0.05) is 6.08 Å². The van der Waals surface area contributed by atoms with Gasteiger partial charge in [0, 0.05) is 44.2 Å². The molecule has 0 spiro atoms. The number of rotatable bonds is 9. The van der Waals surface area contributed by atoms with E-state index in [1.165, 1.54) is 12.7 Å². The molecule has 0 saturated carbocycles. The molecule has 4 rings (SSSR count). The van der Waals surface area contributed by atoms with Crippen molar-refractivity contribution < 1.29 is 9.53 Å². The van der Waals surface area contributed by atoms with E-state index in [1.807, 2.05) is 61.3 Å². The largest absolute Gasteiger partial charge is 0.457 e. The molecule has 1 aromatic carbocycles. The number of carbonyl (C=O) groups excluding carboxylic acids is 1. The molecule has 1 saturated heterocycles. The highest BCUT2D eigenvalue weighted by molar-refractivity contribution is 6.04. The second-order valence-electron chi connectivity index (χ2n) is 10.3. The zero-order chi connectivity index (χ0) is 29.9. The average molecular weight is 570 g/mol. The molecular formula is C31H39N9O2. The molecule has 3 aromatic rings. The molecule has 0 aliphatic carbocycles. The van der Waals surface area contributed by atoms with Crippen LogP contribution >= 0.6 is 0 Å². The van der Waals surface area contributed by atoms with Gasteiger partial charge >= 0.3 is 0 Å². The average Bonchev–Trinajstić information content (AvgIpc) is 3.32. The number of amidine groups is 1. The van der Waals surface area contributed by atoms with Crippen molar-refractivity contribution in [3.05, 3.63) is 77.8 Å². The van der Waals surface area contributed by atoms with Gasteiger partial charge in [0.2, 0.25) is 5.91 Å². The Labute approximate surface area is 246 Å². The number of aromatic nitrogens is 2. The molecule has 1 atom stereocenters. The van der Waals surface area contributed by atoms with Gasteiger partial charge in [0.15, 0.2) is 11.7 Å². The van der Waals surface area contributed by atoms with Gasteiger partial charge in [0.1, 0.15) is 11.5 Å². The second-order valence-corrected chi connectivity index (χ2v) is 10.3. The number of hydrogen-bond acceptors (Lipinski definition) is 6. The number of amides is 1. The van der Waals surface area contributed by atoms with Gasteiger partial charge in [-0.15, -0.1) is 0 Å². The van der Waals surface area contributed by atoms with Gasteiger partial charge in [0.25, 0.3) is 0 Å². The summed E-state index contributed by atoms with van der Waals surface area (Å²) in [6.45, 7) is 4.14. The minimum atomic E-state index is 0.0676. The van der Waals surface area contributed by atoms with Crippen LogP contribution < -0.4 is 16.2 Å². The van der Waals surface area contributed by atoms with Crippen molar-refractivity contribution in [1.82, 2.24) is 19.8 Å². The first-order valence-electron chi connectivity index (χ1n) is 14.0. The zero-order valence-corrected chi connectivity index (χ0v) is 24.4. The van der Waals surface area contributed by atoms with E-state index in [4.69, 9.17) is 21.2 Å². The predicted molar refractivity (Wildman–Crippen MR) is 168 cm³/mol. The summed E-state index contributed by atoms with van der Waals surface area (Å²) in [6, 6.07) is 11.2. The maximum atomic E-state index is 12.7. The number of hydrogen-bond donors (Lipinski definition) is 3. The molecule has 5 N–H and O–H groups in total. The summed E-state index contributed by atoms with van der Waals surface area (Å²) in [5.41, 5.74) is 14.7. The fourth-order valence-electron chi connectivity index (χ4n) is 4.91. The molecular weight excluding hydrogens is 530 g/mol. The first-order chi connectivity index (χ1) is 20.4. The van der Waals surface area contributed by atoms with Crippen LogP contribution in [0.2, 0.25) is 0 Å². The number of nitrogens with zero attached hydrogens (tertiary/aromatic N) is 6. The van der Waals surface area contributed by atoms with Gasteiger partial charge in [-0.25, -0.2) is 20.0 Å². The Bertz CT molecular complexity index is 1470. The maximum Gasteiger partial charge on any atom is 0.246 e. The maximum absolute atomic E-state index is 12.7. The molecule has 3 heterocycles. The first-order valence-corrected chi connectivity index (χ1v) is 14.0. The number of aliphatic imine (C=N–C) groups is 3. The Balaban J connectivity index is 1.50. The smallest absolute Gasteiger partial charge is 0.246 e. The fraction of sp³-hybridized carbons (Fsp3) is 0.323. The van der Waals surface area contributed by atoms with Crippen molar-refractivity contribution in [1.29, 1.82) is 0 Å². The van der Waals surface area contributed by atoms with Crippen molar-refractivity contribution in [2.45, 2.75) is 32.1 Å². The topological polar surface area (TPSA) is 151 Å². The van der Waals surface area contributed by atoms with E-state index in [-0.39, 0.29) is 11.8 Å². The van der Waals surface area contributed by atoms with Gasteiger partial charge in [-0.05, 0) is 87.7 Å². The first kappa shape index (κ1) is 30.2. The van der Waals surface area contributed by atoms with Crippen LogP contribution in [0.5, 0.6) is 11.5 Å². The fourth-order valence-corrected chi connectivity index (χ4v) is 4.91. The Morgan fingerprint density at radius 1 is 1.17 bits per heavy atom. The van der Waals surface area contributed by atoms with Crippen LogP contribution in [0.15, 0.2) is 75.9 Å². The van der Waals surface area contributed by atoms with Gasteiger partial charge in [-0.2, -0.15) is 0 Å². The number of pyridine rings is 1. The van der Waals surface area contributed by atoms with E-state index < -0.39 is 0 Å². The lowest BCUT2D eigenvalue weighted by Gasteiger charge is -2.19. The summed E-state index contributed by atoms with van der Waals surface area (Å²) in [4.78, 5) is 37.4. The minimum Gasteiger partial charge on any atom is -0.457 e. The minimum absolute atomic E-state index is 0.0676. The summed E-state index contributed by atoms with van der Waals surface area (Å²) in [5, 5.41) is 0. The van der Waals surface area contributed by atoms with Crippen molar-refractivity contribution in [3.8, 4) is 11.5 Å². The number of likely N-dealkylation sites (N-methyl/N-ethyl adjacent to an activating group) is 1. The molecule has 1 fully saturated rings. The highest BCUT2D eigenvalue weighted by atomic mass is 16.5. The lowest BCUT2D eigenvalue weighted by Crippen LogP contribution is -2.30. The number of ether oxygens (including phenoxy) is 1. The van der Waals surface area contributed by atoms with Crippen LogP contribution in [-0.2, 0) is 4.79 Å². The Kier molecular flexibility index (Phi) is 10.6. The SMILES string of the molecule is Cc1cc(N=C(N=CN)c2[nH]ccc2[C@H]2CCCN(C(=O)/C=C/CN(C)C)CC2)ccc1Oc1ccnc(N=CN)c1. The van der Waals surface area contributed by atoms with Crippen LogP contribution in [0.3, 0.4) is 0 Å². The molecule has 42 heavy (non-hydrogen) atoms. The monoisotopic (exact) mass is 569 g/mol. The summed E-state index contributed by atoms with van der Waals surface area (Å²) < 4.78 is 6.05. The Hall–Kier alpha value is -4.77. The molecule has 1 amide bonds. The molecule has 2 aromatic heterocycles. The molecule has 1 aliphatic heterocycles. The van der Waals surface area contributed by atoms with Gasteiger partial charge in [0.05, 0.1) is 24.1 Å². The van der Waals surface area contributed by atoms with Crippen LogP contribution in [0.4, 0.5) is 11.5 Å². The number of H-pyrrole nitrogens is 1. The standard InChI is InChI=1S/C31H39N9O2/c1-22-18-24(8-9-27(22)42-25-10-13-34-28(19-25)36-20-32)38-31(37-21-33)30-26(11-14-35-30)23-6-4-16-40(17-12-23)29(41)7-5-15-39(2)3/h5,7-11,13-14,18-21,23,35H,4,6,12,15-17H2,1-3H3,(H2,32,34,36)(H2,33,37,38)/b7-5+/t23-/m0/s1. The number of carbonyl (C=O) groups is 1. The predicted octanol–water partition coefficient (Wildman–Crippen LogP) is 4.41. The number of nitrogens with one attached hydrogen (secondary N) is 1. The third-order valence-electron chi connectivity index (χ3n) is 6.96. The Morgan fingerprint density at radius 3 is 2.79 bits per heavy atom. The van der Waals surface area contributed by atoms with Crippen molar-refractivity contribution in [3.63, 3.8) is 0 Å². The third-order valence-corrected chi connectivity index (χ3v) is 6.96. The summed E-state index contributed by atoms with van der Waals surface area (Å²) in [6.07, 6.45) is 12.3. The van der Waals surface area contributed by atoms with Crippen molar-refractivity contribution >= 4 is 35.9 Å². The van der Waals surface area contributed by atoms with E-state index in [1.54, 1.807) is 24.4 Å². The number of nitrogens with two attached hydrogens (primary N) is 2. The van der Waals surface area contributed by atoms with Crippen molar-refractivity contribution in [2.75, 3.05) is 33.7 Å². The van der Waals surface area contributed by atoms with E-state index in [0.717, 1.165) is 49.2 Å². The molecule has 0 radical (unpaired) electrons. The molecule has 0 bridgehead atoms. The zero-order valence-electron chi connectivity index (χ0n) is 24.4. The van der Waals surface area contributed by atoms with E-state index in [2.05, 4.69) is 26.0 Å². The van der Waals surface area contributed by atoms with Crippen molar-refractivity contribution in [2.24, 2.45) is 26.4 Å². The van der Waals surface area contributed by atoms with Crippen LogP contribution in [0.25, 0.3) is 0 Å². The normalized spacial score (nSPS) is 16.6. The molecule has 220 valence electrons. The molecule has 11 heteroatoms. The highest BCUT2D eigenvalue weighted by Gasteiger charge is 2.24. The number of aryl methyl sites for hydroxylation is 1. The van der Waals surface area contributed by atoms with Crippen LogP contribution in [-0.4, -0.2) is 77.9 Å². The quantitative estimate of drug-likeness (QED) is 0.197. The number of aromatic amines is 1. The lowest BCUT2D eigenvalue weighted by atomic mass is 9.92.